The van der Waals surface area contributed by atoms with Crippen molar-refractivity contribution in [1.29, 1.82) is 0 Å². The molecule has 1 atom stereocenters. The number of carboxylic acids is 1. The predicted molar refractivity (Wildman–Crippen MR) is 82.6 cm³/mol. The van der Waals surface area contributed by atoms with Gasteiger partial charge in [-0.15, -0.1) is 0 Å². The maximum atomic E-state index is 13.5. The molecule has 6 heteroatoms. The summed E-state index contributed by atoms with van der Waals surface area (Å²) in [5, 5.41) is 9.31. The van der Waals surface area contributed by atoms with Crippen LogP contribution in [0.4, 0.5) is 10.1 Å². The normalized spacial score (nSPS) is 16.5. The summed E-state index contributed by atoms with van der Waals surface area (Å²) in [6, 6.07) is 10.8. The number of anilines is 1. The lowest BCUT2D eigenvalue weighted by atomic mass is 10.0. The monoisotopic (exact) mass is 363 g/mol. The zero-order valence-corrected chi connectivity index (χ0v) is 12.9. The van der Waals surface area contributed by atoms with Gasteiger partial charge in [0.15, 0.2) is 0 Å². The highest BCUT2D eigenvalue weighted by atomic mass is 79.9. The third kappa shape index (κ3) is 2.50. The lowest BCUT2D eigenvalue weighted by Crippen LogP contribution is -2.31. The lowest BCUT2D eigenvalue weighted by Gasteiger charge is -2.17. The molecule has 3 rings (SSSR count). The molecule has 1 unspecified atom stereocenters. The van der Waals surface area contributed by atoms with Gasteiger partial charge in [-0.05, 0) is 29.8 Å². The van der Waals surface area contributed by atoms with Gasteiger partial charge in [0, 0.05) is 22.3 Å². The van der Waals surface area contributed by atoms with Gasteiger partial charge in [0.1, 0.15) is 11.7 Å². The Bertz CT molecular complexity index is 757. The highest BCUT2D eigenvalue weighted by Gasteiger charge is 2.36. The first kappa shape index (κ1) is 14.7. The van der Waals surface area contributed by atoms with Crippen molar-refractivity contribution in [2.24, 2.45) is 0 Å². The molecule has 2 aromatic rings. The molecule has 4 nitrogen and oxygen atoms in total. The summed E-state index contributed by atoms with van der Waals surface area (Å²) in [5.41, 5.74) is 1.33. The number of amides is 1. The molecule has 22 heavy (non-hydrogen) atoms. The van der Waals surface area contributed by atoms with Crippen molar-refractivity contribution in [2.45, 2.75) is 5.92 Å². The maximum absolute atomic E-state index is 13.5. The van der Waals surface area contributed by atoms with E-state index in [4.69, 9.17) is 0 Å². The Hall–Kier alpha value is -2.21. The number of aliphatic carboxylic acids is 1. The summed E-state index contributed by atoms with van der Waals surface area (Å²) in [4.78, 5) is 25.4. The number of hydrogen-bond acceptors (Lipinski definition) is 2. The second-order valence-electron chi connectivity index (χ2n) is 5.02. The molecule has 1 amide bonds. The molecule has 0 spiro atoms. The fourth-order valence-corrected chi connectivity index (χ4v) is 3.11. The summed E-state index contributed by atoms with van der Waals surface area (Å²) in [6.07, 6.45) is 0. The Morgan fingerprint density at radius 2 is 1.95 bits per heavy atom. The van der Waals surface area contributed by atoms with Gasteiger partial charge in [-0.2, -0.15) is 0 Å². The molecular weight excluding hydrogens is 353 g/mol. The number of hydrogen-bond donors (Lipinski definition) is 1. The third-order valence-electron chi connectivity index (χ3n) is 3.62. The van der Waals surface area contributed by atoms with E-state index >= 15 is 0 Å². The van der Waals surface area contributed by atoms with Crippen LogP contribution in [0.1, 0.15) is 21.8 Å². The summed E-state index contributed by atoms with van der Waals surface area (Å²) >= 11 is 3.15. The standard InChI is InChI=1S/C16H11BrFNO3/c17-10-5-9(6-11(18)7-10)15(20)19-8-13(16(21)22)12-3-1-2-4-14(12)19/h1-7,13H,8H2,(H,21,22). The Kier molecular flexibility index (Phi) is 3.70. The van der Waals surface area contributed by atoms with E-state index in [2.05, 4.69) is 15.9 Å². The Morgan fingerprint density at radius 1 is 1.23 bits per heavy atom. The first-order valence-corrected chi connectivity index (χ1v) is 7.36. The molecule has 0 fully saturated rings. The van der Waals surface area contributed by atoms with Crippen LogP contribution in [-0.2, 0) is 4.79 Å². The van der Waals surface area contributed by atoms with Crippen LogP contribution in [0.15, 0.2) is 46.9 Å². The Morgan fingerprint density at radius 3 is 2.64 bits per heavy atom. The van der Waals surface area contributed by atoms with Gasteiger partial charge in [0.2, 0.25) is 0 Å². The first-order valence-electron chi connectivity index (χ1n) is 6.57. The average molecular weight is 364 g/mol. The second-order valence-corrected chi connectivity index (χ2v) is 5.94. The van der Waals surface area contributed by atoms with Gasteiger partial charge >= 0.3 is 5.97 Å². The van der Waals surface area contributed by atoms with Crippen LogP contribution in [0.3, 0.4) is 0 Å². The number of carbonyl (C=O) groups excluding carboxylic acids is 1. The number of nitrogens with zero attached hydrogens (tertiary/aromatic N) is 1. The topological polar surface area (TPSA) is 57.6 Å². The van der Waals surface area contributed by atoms with E-state index in [-0.39, 0.29) is 12.1 Å². The largest absolute Gasteiger partial charge is 0.481 e. The maximum Gasteiger partial charge on any atom is 0.312 e. The van der Waals surface area contributed by atoms with Crippen LogP contribution < -0.4 is 4.90 Å². The van der Waals surface area contributed by atoms with Crippen molar-refractivity contribution in [3.63, 3.8) is 0 Å². The fourth-order valence-electron chi connectivity index (χ4n) is 2.64. The average Bonchev–Trinajstić information content (AvgIpc) is 2.85. The van der Waals surface area contributed by atoms with Crippen molar-refractivity contribution in [1.82, 2.24) is 0 Å². The van der Waals surface area contributed by atoms with E-state index in [1.165, 1.54) is 17.0 Å². The molecule has 0 bridgehead atoms. The van der Waals surface area contributed by atoms with E-state index in [0.717, 1.165) is 6.07 Å². The smallest absolute Gasteiger partial charge is 0.312 e. The van der Waals surface area contributed by atoms with Crippen LogP contribution in [0.2, 0.25) is 0 Å². The van der Waals surface area contributed by atoms with Gasteiger partial charge in [-0.1, -0.05) is 34.1 Å². The Labute approximate surface area is 134 Å². The number of halogens is 2. The van der Waals surface area contributed by atoms with E-state index in [1.54, 1.807) is 24.3 Å². The van der Waals surface area contributed by atoms with Crippen molar-refractivity contribution < 1.29 is 19.1 Å². The van der Waals surface area contributed by atoms with E-state index in [0.29, 0.717) is 15.7 Å². The lowest BCUT2D eigenvalue weighted by molar-refractivity contribution is -0.138. The van der Waals surface area contributed by atoms with Crippen molar-refractivity contribution in [2.75, 3.05) is 11.4 Å². The minimum absolute atomic E-state index is 0.0433. The number of benzene rings is 2. The minimum Gasteiger partial charge on any atom is -0.481 e. The van der Waals surface area contributed by atoms with Crippen molar-refractivity contribution in [3.05, 3.63) is 63.9 Å². The van der Waals surface area contributed by atoms with Crippen LogP contribution in [0.5, 0.6) is 0 Å². The van der Waals surface area contributed by atoms with Crippen LogP contribution in [0.25, 0.3) is 0 Å². The minimum atomic E-state index is -0.983. The molecule has 1 aliphatic rings. The third-order valence-corrected chi connectivity index (χ3v) is 4.08. The summed E-state index contributed by atoms with van der Waals surface area (Å²) in [7, 11) is 0. The van der Waals surface area contributed by atoms with Gasteiger partial charge in [-0.3, -0.25) is 9.59 Å². The van der Waals surface area contributed by atoms with Crippen molar-refractivity contribution in [3.8, 4) is 0 Å². The molecule has 0 aromatic heterocycles. The molecule has 1 heterocycles. The van der Waals surface area contributed by atoms with Crippen molar-refractivity contribution >= 4 is 33.5 Å². The summed E-state index contributed by atoms with van der Waals surface area (Å²) in [5.74, 6) is -2.70. The second kappa shape index (κ2) is 5.53. The van der Waals surface area contributed by atoms with E-state index in [1.807, 2.05) is 0 Å². The number of rotatable bonds is 2. The van der Waals surface area contributed by atoms with Crippen LogP contribution >= 0.6 is 15.9 Å². The number of fused-ring (bicyclic) bond motifs is 1. The molecule has 1 N–H and O–H groups in total. The summed E-state index contributed by atoms with van der Waals surface area (Å²) in [6.45, 7) is 0.0433. The van der Waals surface area contributed by atoms with Gasteiger partial charge in [0.25, 0.3) is 5.91 Å². The van der Waals surface area contributed by atoms with Crippen LogP contribution in [-0.4, -0.2) is 23.5 Å². The fraction of sp³-hybridized carbons (Fsp3) is 0.125. The number of para-hydroxylation sites is 1. The Balaban J connectivity index is 2.02. The van der Waals surface area contributed by atoms with E-state index < -0.39 is 23.6 Å². The molecule has 2 aromatic carbocycles. The highest BCUT2D eigenvalue weighted by molar-refractivity contribution is 9.10. The quantitative estimate of drug-likeness (QED) is 0.889. The summed E-state index contributed by atoms with van der Waals surface area (Å²) < 4.78 is 13.9. The molecule has 0 saturated heterocycles. The molecule has 0 aliphatic carbocycles. The number of carbonyl (C=O) groups is 2. The molecule has 0 radical (unpaired) electrons. The molecule has 1 aliphatic heterocycles. The van der Waals surface area contributed by atoms with Gasteiger partial charge in [0.05, 0.1) is 0 Å². The first-order chi connectivity index (χ1) is 10.5. The molecular formula is C16H11BrFNO3. The number of carboxylic acid groups (broad SMARTS) is 1. The highest BCUT2D eigenvalue weighted by Crippen LogP contribution is 2.37. The molecule has 0 saturated carbocycles. The van der Waals surface area contributed by atoms with E-state index in [9.17, 15) is 19.1 Å². The van der Waals surface area contributed by atoms with Gasteiger partial charge in [-0.25, -0.2) is 4.39 Å². The molecule has 112 valence electrons. The van der Waals surface area contributed by atoms with Gasteiger partial charge < -0.3 is 10.0 Å². The zero-order valence-electron chi connectivity index (χ0n) is 11.3. The zero-order chi connectivity index (χ0) is 15.9. The SMILES string of the molecule is O=C(O)C1CN(C(=O)c2cc(F)cc(Br)c2)c2ccccc21. The predicted octanol–water partition coefficient (Wildman–Crippen LogP) is 3.42. The van der Waals surface area contributed by atoms with Crippen LogP contribution in [0, 0.1) is 5.82 Å².